The molecule has 1 N–H and O–H groups in total. The number of halogens is 4. The number of hydrogen-bond donors (Lipinski definition) is 1. The molecule has 0 bridgehead atoms. The van der Waals surface area contributed by atoms with Crippen molar-refractivity contribution in [2.24, 2.45) is 0 Å². The lowest BCUT2D eigenvalue weighted by atomic mass is 10.7. The van der Waals surface area contributed by atoms with Crippen LogP contribution in [0.15, 0.2) is 0 Å². The number of alkyl halides is 4. The topological polar surface area (TPSA) is 46.5 Å². The second kappa shape index (κ2) is 3.26. The third-order valence-electron chi connectivity index (χ3n) is 0.436. The molecule has 0 heterocycles. The molecule has 0 amide bonds. The van der Waals surface area contributed by atoms with Gasteiger partial charge in [0.25, 0.3) is 0 Å². The summed E-state index contributed by atoms with van der Waals surface area (Å²) in [5, 5.41) is 0. The normalized spacial score (nSPS) is 15.8. The first-order chi connectivity index (χ1) is 4.36. The molecule has 0 aliphatic carbocycles. The summed E-state index contributed by atoms with van der Waals surface area (Å²) in [6.45, 7) is 0. The summed E-state index contributed by atoms with van der Waals surface area (Å²) in [6.07, 6.45) is -8.97. The van der Waals surface area contributed by atoms with E-state index < -0.39 is 23.9 Å². The van der Waals surface area contributed by atoms with E-state index >= 15 is 0 Å². The number of rotatable bonds is 3. The van der Waals surface area contributed by atoms with E-state index in [2.05, 4.69) is 4.18 Å². The van der Waals surface area contributed by atoms with Gasteiger partial charge in [0, 0.05) is 0 Å². The summed E-state index contributed by atoms with van der Waals surface area (Å²) < 4.78 is 64.7. The molecule has 0 aromatic carbocycles. The van der Waals surface area contributed by atoms with Gasteiger partial charge in [0.05, 0.1) is 0 Å². The molecule has 0 aromatic heterocycles. The van der Waals surface area contributed by atoms with Crippen LogP contribution in [-0.4, -0.2) is 21.3 Å². The lowest BCUT2D eigenvalue weighted by molar-refractivity contribution is -0.250. The maximum absolute atomic E-state index is 11.5. The van der Waals surface area contributed by atoms with E-state index in [1.807, 2.05) is 0 Å². The highest BCUT2D eigenvalue weighted by molar-refractivity contribution is 7.74. The Balaban J connectivity index is 3.99. The Morgan fingerprint density at radius 3 is 2.00 bits per heavy atom. The molecule has 0 saturated carbocycles. The van der Waals surface area contributed by atoms with Crippen LogP contribution in [0.4, 0.5) is 17.6 Å². The van der Waals surface area contributed by atoms with Crippen LogP contribution in [0.2, 0.25) is 0 Å². The molecule has 0 saturated heterocycles. The fraction of sp³-hybridized carbons (Fsp3) is 1.00. The van der Waals surface area contributed by atoms with Crippen molar-refractivity contribution in [3.8, 4) is 0 Å². The van der Waals surface area contributed by atoms with Crippen LogP contribution in [0.3, 0.4) is 0 Å². The fourth-order valence-electron chi connectivity index (χ4n) is 0.131. The smallest absolute Gasteiger partial charge is 0.284 e. The standard InChI is InChI=1S/C2H2F4O3S/c3-1(4)2(5,6)9-10(7)8/h1H,(H,7,8). The highest BCUT2D eigenvalue weighted by atomic mass is 32.2. The Morgan fingerprint density at radius 2 is 1.90 bits per heavy atom. The Labute approximate surface area is 55.5 Å². The van der Waals surface area contributed by atoms with Gasteiger partial charge in [-0.05, 0) is 0 Å². The fourth-order valence-corrected chi connectivity index (χ4v) is 0.394. The van der Waals surface area contributed by atoms with E-state index in [1.54, 1.807) is 0 Å². The average molecular weight is 182 g/mol. The Morgan fingerprint density at radius 1 is 1.50 bits per heavy atom. The largest absolute Gasteiger partial charge is 0.430 e. The summed E-state index contributed by atoms with van der Waals surface area (Å²) in [5.74, 6) is 0. The molecule has 0 aliphatic heterocycles. The van der Waals surface area contributed by atoms with Gasteiger partial charge in [0.1, 0.15) is 0 Å². The van der Waals surface area contributed by atoms with Crippen molar-refractivity contribution < 1.29 is 30.5 Å². The minimum atomic E-state index is -4.86. The van der Waals surface area contributed by atoms with Gasteiger partial charge in [-0.2, -0.15) is 17.2 Å². The average Bonchev–Trinajstić information content (AvgIpc) is 1.60. The summed E-state index contributed by atoms with van der Waals surface area (Å²) in [7, 11) is 0. The highest BCUT2D eigenvalue weighted by Crippen LogP contribution is 2.24. The van der Waals surface area contributed by atoms with Crippen molar-refractivity contribution >= 4 is 11.4 Å². The molecule has 0 aliphatic rings. The molecule has 10 heavy (non-hydrogen) atoms. The van der Waals surface area contributed by atoms with Gasteiger partial charge in [0.15, 0.2) is 0 Å². The zero-order valence-electron chi connectivity index (χ0n) is 4.26. The molecule has 62 valence electrons. The van der Waals surface area contributed by atoms with Gasteiger partial charge in [-0.1, -0.05) is 0 Å². The van der Waals surface area contributed by atoms with Crippen LogP contribution in [0.5, 0.6) is 0 Å². The third kappa shape index (κ3) is 3.08. The van der Waals surface area contributed by atoms with Gasteiger partial charge < -0.3 is 0 Å². The van der Waals surface area contributed by atoms with Gasteiger partial charge in [-0.25, -0.2) is 8.78 Å². The van der Waals surface area contributed by atoms with E-state index in [0.717, 1.165) is 0 Å². The second-order valence-electron chi connectivity index (χ2n) is 1.16. The molecule has 0 rings (SSSR count). The molecule has 8 heteroatoms. The van der Waals surface area contributed by atoms with Crippen LogP contribution in [0, 0.1) is 0 Å². The SMILES string of the molecule is O=S(O)OC(F)(F)C(F)F. The molecule has 0 radical (unpaired) electrons. The van der Waals surface area contributed by atoms with Crippen molar-refractivity contribution in [3.05, 3.63) is 0 Å². The van der Waals surface area contributed by atoms with Gasteiger partial charge >= 0.3 is 23.9 Å². The van der Waals surface area contributed by atoms with E-state index in [9.17, 15) is 21.8 Å². The van der Waals surface area contributed by atoms with Crippen molar-refractivity contribution in [2.45, 2.75) is 12.5 Å². The minimum Gasteiger partial charge on any atom is -0.284 e. The third-order valence-corrected chi connectivity index (χ3v) is 0.801. The lowest BCUT2D eigenvalue weighted by Crippen LogP contribution is -2.30. The molecule has 0 spiro atoms. The number of hydrogen-bond acceptors (Lipinski definition) is 2. The van der Waals surface area contributed by atoms with E-state index in [4.69, 9.17) is 4.55 Å². The van der Waals surface area contributed by atoms with Crippen molar-refractivity contribution in [2.75, 3.05) is 0 Å². The lowest BCUT2D eigenvalue weighted by Gasteiger charge is -2.10. The van der Waals surface area contributed by atoms with Crippen LogP contribution in [0.25, 0.3) is 0 Å². The summed E-state index contributed by atoms with van der Waals surface area (Å²) in [5.41, 5.74) is 0. The van der Waals surface area contributed by atoms with Crippen LogP contribution in [-0.2, 0) is 15.5 Å². The summed E-state index contributed by atoms with van der Waals surface area (Å²) in [4.78, 5) is 0. The van der Waals surface area contributed by atoms with Gasteiger partial charge in [0.2, 0.25) is 0 Å². The summed E-state index contributed by atoms with van der Waals surface area (Å²) >= 11 is -3.39. The maximum Gasteiger partial charge on any atom is 0.430 e. The highest BCUT2D eigenvalue weighted by Gasteiger charge is 2.44. The Kier molecular flexibility index (Phi) is 3.19. The summed E-state index contributed by atoms with van der Waals surface area (Å²) in [6, 6.07) is 0. The Hall–Kier alpha value is -0.210. The first-order valence-corrected chi connectivity index (χ1v) is 2.85. The van der Waals surface area contributed by atoms with Crippen LogP contribution >= 0.6 is 0 Å². The first-order valence-electron chi connectivity index (χ1n) is 1.82. The molecule has 1 unspecified atom stereocenters. The second-order valence-corrected chi connectivity index (χ2v) is 1.76. The molecular weight excluding hydrogens is 180 g/mol. The van der Waals surface area contributed by atoms with E-state index in [-0.39, 0.29) is 0 Å². The van der Waals surface area contributed by atoms with Crippen LogP contribution < -0.4 is 0 Å². The van der Waals surface area contributed by atoms with E-state index in [1.165, 1.54) is 0 Å². The quantitative estimate of drug-likeness (QED) is 0.523. The predicted molar refractivity (Wildman–Crippen MR) is 22.8 cm³/mol. The van der Waals surface area contributed by atoms with Crippen LogP contribution in [0.1, 0.15) is 0 Å². The van der Waals surface area contributed by atoms with Crippen molar-refractivity contribution in [3.63, 3.8) is 0 Å². The molecule has 0 aromatic rings. The molecule has 0 fully saturated rings. The maximum atomic E-state index is 11.5. The molecule has 3 nitrogen and oxygen atoms in total. The van der Waals surface area contributed by atoms with Crippen molar-refractivity contribution in [1.82, 2.24) is 0 Å². The predicted octanol–water partition coefficient (Wildman–Crippen LogP) is 0.998. The minimum absolute atomic E-state index is 2.64. The Bertz CT molecular complexity index is 136. The first kappa shape index (κ1) is 9.79. The van der Waals surface area contributed by atoms with Gasteiger partial charge in [-0.3, -0.25) is 4.55 Å². The molecular formula is C2H2F4O3S. The monoisotopic (exact) mass is 182 g/mol. The molecule has 1 atom stereocenters. The van der Waals surface area contributed by atoms with E-state index in [0.29, 0.717) is 0 Å². The zero-order chi connectivity index (χ0) is 8.36. The van der Waals surface area contributed by atoms with Crippen molar-refractivity contribution in [1.29, 1.82) is 0 Å². The zero-order valence-corrected chi connectivity index (χ0v) is 5.08. The van der Waals surface area contributed by atoms with Gasteiger partial charge in [-0.15, -0.1) is 0 Å².